The first-order chi connectivity index (χ1) is 13.6. The summed E-state index contributed by atoms with van der Waals surface area (Å²) >= 11 is 0. The molecule has 2 rings (SSSR count). The van der Waals surface area contributed by atoms with Crippen LogP contribution in [0, 0.1) is 5.95 Å². The highest BCUT2D eigenvalue weighted by Crippen LogP contribution is 2.66. The van der Waals surface area contributed by atoms with Crippen molar-refractivity contribution in [2.24, 2.45) is 0 Å². The number of ether oxygens (including phenoxy) is 2. The lowest BCUT2D eigenvalue weighted by Gasteiger charge is -2.19. The summed E-state index contributed by atoms with van der Waals surface area (Å²) in [5.74, 6) is -1.07. The molecule has 1 aliphatic rings. The van der Waals surface area contributed by atoms with Crippen LogP contribution in [0.3, 0.4) is 0 Å². The zero-order valence-electron chi connectivity index (χ0n) is 14.8. The van der Waals surface area contributed by atoms with Crippen LogP contribution in [0.15, 0.2) is 16.9 Å². The number of H-pyrrole nitrogens is 1. The van der Waals surface area contributed by atoms with E-state index in [9.17, 15) is 32.9 Å². The number of hydrogen-bond donors (Lipinski definition) is 6. The Morgan fingerprint density at radius 2 is 1.77 bits per heavy atom. The molecule has 0 aliphatic carbocycles. The van der Waals surface area contributed by atoms with Crippen LogP contribution in [-0.2, 0) is 36.3 Å². The van der Waals surface area contributed by atoms with Crippen LogP contribution in [0.4, 0.5) is 4.39 Å². The minimum atomic E-state index is -5.71. The number of rotatable bonds is 9. The van der Waals surface area contributed by atoms with E-state index in [1.807, 2.05) is 4.98 Å². The molecule has 30 heavy (non-hydrogen) atoms. The molecular weight excluding hydrogens is 482 g/mol. The number of aliphatic hydroxyl groups is 1. The number of phosphoric ester groups is 1. The number of hydrogen-bond acceptors (Lipinski definition) is 10. The molecule has 0 aromatic carbocycles. The molecule has 6 atom stereocenters. The van der Waals surface area contributed by atoms with Crippen LogP contribution in [0.2, 0.25) is 0 Å². The smallest absolute Gasteiger partial charge is 0.387 e. The molecule has 1 aliphatic heterocycles. The molecule has 0 bridgehead atoms. The number of pyridine rings is 1. The summed E-state index contributed by atoms with van der Waals surface area (Å²) in [7, 11) is -15.6. The van der Waals surface area contributed by atoms with E-state index < -0.39 is 66.0 Å². The lowest BCUT2D eigenvalue weighted by Crippen LogP contribution is -2.34. The van der Waals surface area contributed by atoms with Gasteiger partial charge in [0.25, 0.3) is 0 Å². The van der Waals surface area contributed by atoms with Crippen LogP contribution >= 0.6 is 23.5 Å². The first-order valence-corrected chi connectivity index (χ1v) is 12.2. The maximum Gasteiger partial charge on any atom is 0.490 e. The van der Waals surface area contributed by atoms with Crippen LogP contribution in [0.5, 0.6) is 0 Å². The van der Waals surface area contributed by atoms with Gasteiger partial charge in [0.05, 0.1) is 6.61 Å². The quantitative estimate of drug-likeness (QED) is 0.189. The number of methoxy groups -OCH3 is 1. The van der Waals surface area contributed by atoms with Crippen molar-refractivity contribution in [2.45, 2.75) is 24.4 Å². The predicted molar refractivity (Wildman–Crippen MR) is 91.3 cm³/mol. The summed E-state index contributed by atoms with van der Waals surface area (Å²) < 4.78 is 69.5. The van der Waals surface area contributed by atoms with Gasteiger partial charge in [-0.3, -0.25) is 14.3 Å². The summed E-state index contributed by atoms with van der Waals surface area (Å²) in [6.07, 6.45) is -5.49. The molecule has 3 unspecified atom stereocenters. The SMILES string of the molecule is CO[C@H]1C(O)[C@@H](COP(=O)(O)OP(=O)(O)OP(=O)(O)O)O[C@H]1c1ccc(=O)[nH]c1F. The Bertz CT molecular complexity index is 963. The third-order valence-corrected chi connectivity index (χ3v) is 7.44. The molecule has 0 saturated carbocycles. The van der Waals surface area contributed by atoms with Gasteiger partial charge >= 0.3 is 23.5 Å². The summed E-state index contributed by atoms with van der Waals surface area (Å²) in [4.78, 5) is 48.5. The maximum atomic E-state index is 14.0. The minimum absolute atomic E-state index is 0.207. The largest absolute Gasteiger partial charge is 0.490 e. The van der Waals surface area contributed by atoms with Crippen molar-refractivity contribution in [2.75, 3.05) is 13.7 Å². The van der Waals surface area contributed by atoms with Crippen molar-refractivity contribution in [3.8, 4) is 0 Å². The molecule has 1 aromatic rings. The molecule has 1 saturated heterocycles. The van der Waals surface area contributed by atoms with Gasteiger partial charge in [-0.05, 0) is 6.07 Å². The number of aromatic amines is 1. The number of aromatic nitrogens is 1. The van der Waals surface area contributed by atoms with Crippen LogP contribution in [0.1, 0.15) is 11.7 Å². The van der Waals surface area contributed by atoms with Gasteiger partial charge in [-0.25, -0.2) is 13.7 Å². The van der Waals surface area contributed by atoms with Crippen molar-refractivity contribution in [3.63, 3.8) is 0 Å². The fraction of sp³-hybridized carbons (Fsp3) is 0.545. The lowest BCUT2D eigenvalue weighted by molar-refractivity contribution is -0.0244. The van der Waals surface area contributed by atoms with Crippen LogP contribution in [-0.4, -0.2) is 61.7 Å². The van der Waals surface area contributed by atoms with E-state index in [4.69, 9.17) is 24.2 Å². The number of nitrogens with one attached hydrogen (secondary N) is 1. The van der Waals surface area contributed by atoms with Crippen molar-refractivity contribution >= 4 is 23.5 Å². The van der Waals surface area contributed by atoms with E-state index >= 15 is 0 Å². The summed E-state index contributed by atoms with van der Waals surface area (Å²) in [6.45, 7) is -0.966. The molecule has 6 N–H and O–H groups in total. The topological polar surface area (TPSA) is 231 Å². The highest BCUT2D eigenvalue weighted by molar-refractivity contribution is 7.66. The van der Waals surface area contributed by atoms with Gasteiger partial charge in [-0.15, -0.1) is 0 Å². The second-order valence-electron chi connectivity index (χ2n) is 5.76. The van der Waals surface area contributed by atoms with E-state index in [-0.39, 0.29) is 5.56 Å². The van der Waals surface area contributed by atoms with E-state index in [0.29, 0.717) is 0 Å². The number of aliphatic hydroxyl groups excluding tert-OH is 1. The van der Waals surface area contributed by atoms with Gasteiger partial charge in [0.2, 0.25) is 5.56 Å². The second kappa shape index (κ2) is 9.35. The Kier molecular flexibility index (Phi) is 7.92. The Morgan fingerprint density at radius 1 is 1.13 bits per heavy atom. The fourth-order valence-corrected chi connectivity index (χ4v) is 5.57. The summed E-state index contributed by atoms with van der Waals surface area (Å²) in [6, 6.07) is 2.06. The summed E-state index contributed by atoms with van der Waals surface area (Å²) in [5, 5.41) is 10.2. The molecule has 0 radical (unpaired) electrons. The average Bonchev–Trinajstić information content (AvgIpc) is 2.85. The van der Waals surface area contributed by atoms with Crippen LogP contribution < -0.4 is 5.56 Å². The molecule has 0 spiro atoms. The molecule has 1 fully saturated rings. The summed E-state index contributed by atoms with van der Waals surface area (Å²) in [5.41, 5.74) is -0.950. The normalized spacial score (nSPS) is 28.8. The van der Waals surface area contributed by atoms with Gasteiger partial charge in [0.1, 0.15) is 24.4 Å². The Morgan fingerprint density at radius 3 is 2.30 bits per heavy atom. The second-order valence-corrected chi connectivity index (χ2v) is 10.2. The molecule has 0 amide bonds. The Hall–Kier alpha value is -0.830. The van der Waals surface area contributed by atoms with Gasteiger partial charge in [-0.1, -0.05) is 0 Å². The Labute approximate surface area is 166 Å². The predicted octanol–water partition coefficient (Wildman–Crippen LogP) is -0.327. The van der Waals surface area contributed by atoms with Gasteiger partial charge in [-0.2, -0.15) is 13.0 Å². The minimum Gasteiger partial charge on any atom is -0.387 e. The Balaban J connectivity index is 2.09. The van der Waals surface area contributed by atoms with E-state index in [1.165, 1.54) is 0 Å². The third-order valence-electron chi connectivity index (χ3n) is 3.63. The zero-order chi connectivity index (χ0) is 22.9. The molecule has 19 heteroatoms. The van der Waals surface area contributed by atoms with Gasteiger partial charge < -0.3 is 34.2 Å². The van der Waals surface area contributed by atoms with Crippen molar-refractivity contribution < 1.29 is 65.4 Å². The van der Waals surface area contributed by atoms with E-state index in [0.717, 1.165) is 19.2 Å². The van der Waals surface area contributed by atoms with Crippen LogP contribution in [0.25, 0.3) is 0 Å². The highest BCUT2D eigenvalue weighted by atomic mass is 31.3. The van der Waals surface area contributed by atoms with Crippen molar-refractivity contribution in [1.82, 2.24) is 4.98 Å². The first-order valence-electron chi connectivity index (χ1n) is 7.67. The first kappa shape index (κ1) is 25.4. The molecular formula is C11H17FNO14P3. The van der Waals surface area contributed by atoms with Crippen molar-refractivity contribution in [3.05, 3.63) is 34.0 Å². The van der Waals surface area contributed by atoms with Gasteiger partial charge in [0, 0.05) is 18.7 Å². The standard InChI is InChI=1S/C11H17FNO14P3/c1-23-10-8(15)6(25-9(10)5-2-3-7(14)13-11(5)12)4-24-29(19,20)27-30(21,22)26-28(16,17)18/h2-3,6,8-10,15H,4H2,1H3,(H,13,14)(H,19,20)(H,21,22)(H2,16,17,18)/t6-,8?,9+,10+/m1/s1. The highest BCUT2D eigenvalue weighted by Gasteiger charge is 2.47. The number of halogens is 1. The fourth-order valence-electron chi connectivity index (χ4n) is 2.54. The van der Waals surface area contributed by atoms with E-state index in [2.05, 4.69) is 13.1 Å². The van der Waals surface area contributed by atoms with Gasteiger partial charge in [0.15, 0.2) is 5.95 Å². The molecule has 15 nitrogen and oxygen atoms in total. The molecule has 1 aromatic heterocycles. The molecule has 2 heterocycles. The lowest BCUT2D eigenvalue weighted by atomic mass is 10.0. The number of phosphoric acid groups is 3. The zero-order valence-corrected chi connectivity index (χ0v) is 17.5. The van der Waals surface area contributed by atoms with E-state index in [1.54, 1.807) is 0 Å². The van der Waals surface area contributed by atoms with Crippen molar-refractivity contribution in [1.29, 1.82) is 0 Å². The third kappa shape index (κ3) is 6.84. The molecule has 172 valence electrons. The monoisotopic (exact) mass is 499 g/mol. The average molecular weight is 499 g/mol. The maximum absolute atomic E-state index is 14.0.